The van der Waals surface area contributed by atoms with Gasteiger partial charge >= 0.3 is 29.2 Å². The molecule has 5 atom stereocenters. The summed E-state index contributed by atoms with van der Waals surface area (Å²) in [5, 5.41) is 11.5. The first-order valence-electron chi connectivity index (χ1n) is 13.9. The van der Waals surface area contributed by atoms with Crippen LogP contribution in [-0.2, 0) is 47.7 Å². The zero-order valence-corrected chi connectivity index (χ0v) is 30.4. The monoisotopic (exact) mass is 806 g/mol. The number of H-pyrrole nitrogens is 1. The normalized spacial score (nSPS) is 20.4. The molecule has 2 aromatic rings. The topological polar surface area (TPSA) is 312 Å². The number of aromatic amines is 1. The number of nitro groups is 1. The third kappa shape index (κ3) is 13.7. The van der Waals surface area contributed by atoms with Gasteiger partial charge < -0.3 is 39.5 Å². The summed E-state index contributed by atoms with van der Waals surface area (Å²) in [5.74, 6) is 5.54. The molecule has 1 aliphatic heterocycles. The Morgan fingerprint density at radius 2 is 1.86 bits per heavy atom. The number of nitrogens with two attached hydrogens (primary N) is 1. The predicted molar refractivity (Wildman–Crippen MR) is 177 cm³/mol. The van der Waals surface area contributed by atoms with Crippen LogP contribution in [0.5, 0.6) is 0 Å². The second-order valence-electron chi connectivity index (χ2n) is 10.6. The highest BCUT2D eigenvalue weighted by Crippen LogP contribution is 2.66. The van der Waals surface area contributed by atoms with Crippen LogP contribution >= 0.6 is 45.1 Å². The second-order valence-corrected chi connectivity index (χ2v) is 18.0. The van der Waals surface area contributed by atoms with E-state index in [2.05, 4.69) is 25.4 Å². The fourth-order valence-electron chi connectivity index (χ4n) is 3.94. The van der Waals surface area contributed by atoms with E-state index < -0.39 is 64.7 Å². The number of phosphoric ester groups is 1. The first-order valence-corrected chi connectivity index (χ1v) is 20.8. The first-order chi connectivity index (χ1) is 23.2. The molecule has 3 rings (SSSR count). The van der Waals surface area contributed by atoms with Crippen LogP contribution in [0.2, 0.25) is 0 Å². The molecule has 0 saturated carbocycles. The van der Waals surface area contributed by atoms with Gasteiger partial charge in [-0.1, -0.05) is 45.6 Å². The van der Waals surface area contributed by atoms with Crippen molar-refractivity contribution in [2.45, 2.75) is 50.1 Å². The molecule has 0 spiro atoms. The zero-order chi connectivity index (χ0) is 37.3. The van der Waals surface area contributed by atoms with Crippen molar-refractivity contribution < 1.29 is 65.5 Å². The fourth-order valence-corrected chi connectivity index (χ4v) is 9.07. The van der Waals surface area contributed by atoms with Gasteiger partial charge in [0.05, 0.1) is 29.8 Å². The van der Waals surface area contributed by atoms with Gasteiger partial charge in [-0.25, -0.2) is 18.5 Å². The molecule has 0 aliphatic carbocycles. The molecule has 21 nitrogen and oxygen atoms in total. The Labute approximate surface area is 291 Å². The number of nitrogens with one attached hydrogen (secondary N) is 1. The van der Waals surface area contributed by atoms with Crippen LogP contribution < -0.4 is 17.0 Å². The van der Waals surface area contributed by atoms with Gasteiger partial charge in [0.25, 0.3) is 11.2 Å². The van der Waals surface area contributed by atoms with Crippen molar-refractivity contribution in [2.75, 3.05) is 25.7 Å². The molecule has 26 heteroatoms. The average molecular weight is 807 g/mol. The van der Waals surface area contributed by atoms with Gasteiger partial charge in [0, 0.05) is 30.0 Å². The van der Waals surface area contributed by atoms with Crippen LogP contribution in [-0.4, -0.2) is 76.7 Å². The van der Waals surface area contributed by atoms with E-state index in [1.54, 1.807) is 0 Å². The smallest absolute Gasteiger partial charge is 0.370 e. The SMILES string of the molecule is CC(C)(CN)SSCOCC#Cc1cn([C@H]2CC(OCc3ccccc3[N+](=O)[O-])[C@@H](COP(=O)(O)OP(=O)(O)OP(=O)(O)O)O2)c(=O)[nH]c1=O. The number of para-hydroxylation sites is 1. The van der Waals surface area contributed by atoms with Gasteiger partial charge in [-0.3, -0.25) is 29.0 Å². The largest absolute Gasteiger partial charge is 0.490 e. The molecule has 50 heavy (non-hydrogen) atoms. The van der Waals surface area contributed by atoms with E-state index in [1.165, 1.54) is 45.9 Å². The van der Waals surface area contributed by atoms with Crippen LogP contribution in [0.1, 0.15) is 37.6 Å². The van der Waals surface area contributed by atoms with E-state index in [4.69, 9.17) is 34.3 Å². The fraction of sp³-hybridized carbons (Fsp3) is 0.500. The standard InChI is InChI=1S/C24H33N4O17P3S2/c1-24(2,14-25)50-49-15-40-9-5-7-16-11-27(23(30)26-22(16)29)21-10-19(41-12-17-6-3-4-8-18(17)28(31)32)20(43-21)13-42-47(36,37)45-48(38,39)44-46(33,34)35/h3-4,6,8,11,19-21H,9-10,12-15,25H2,1-2H3,(H,36,37)(H,38,39)(H,26,29,30)(H2,33,34,35)/t19?,20-,21-/m1/s1. The maximum absolute atomic E-state index is 12.8. The summed E-state index contributed by atoms with van der Waals surface area (Å²) in [5.41, 5.74) is 3.62. The number of phosphoric acid groups is 3. The summed E-state index contributed by atoms with van der Waals surface area (Å²) >= 11 is 0. The quantitative estimate of drug-likeness (QED) is 0.0239. The molecule has 0 bridgehead atoms. The van der Waals surface area contributed by atoms with Gasteiger partial charge in [0.2, 0.25) is 0 Å². The van der Waals surface area contributed by atoms with Crippen molar-refractivity contribution in [3.05, 3.63) is 72.5 Å². The van der Waals surface area contributed by atoms with E-state index in [0.717, 1.165) is 10.8 Å². The van der Waals surface area contributed by atoms with Crippen LogP contribution in [0.15, 0.2) is 40.1 Å². The second kappa shape index (κ2) is 18.0. The number of rotatable bonds is 18. The van der Waals surface area contributed by atoms with Crippen LogP contribution in [0, 0.1) is 22.0 Å². The number of hydrogen-bond acceptors (Lipinski definition) is 16. The van der Waals surface area contributed by atoms with Gasteiger partial charge in [-0.2, -0.15) is 8.62 Å². The van der Waals surface area contributed by atoms with Crippen LogP contribution in [0.3, 0.4) is 0 Å². The summed E-state index contributed by atoms with van der Waals surface area (Å²) in [7, 11) is -14.1. The van der Waals surface area contributed by atoms with Gasteiger partial charge in [0.1, 0.15) is 30.4 Å². The van der Waals surface area contributed by atoms with Crippen molar-refractivity contribution in [3.63, 3.8) is 0 Å². The molecule has 1 aliphatic rings. The minimum absolute atomic E-state index is 0.0562. The molecule has 1 fully saturated rings. The zero-order valence-electron chi connectivity index (χ0n) is 26.1. The lowest BCUT2D eigenvalue weighted by Crippen LogP contribution is -2.33. The predicted octanol–water partition coefficient (Wildman–Crippen LogP) is 2.11. The minimum atomic E-state index is -5.83. The maximum Gasteiger partial charge on any atom is 0.490 e. The van der Waals surface area contributed by atoms with Crippen molar-refractivity contribution in [1.82, 2.24) is 9.55 Å². The molecule has 0 amide bonds. The van der Waals surface area contributed by atoms with Crippen molar-refractivity contribution in [3.8, 4) is 11.8 Å². The summed E-state index contributed by atoms with van der Waals surface area (Å²) in [6, 6.07) is 5.58. The lowest BCUT2D eigenvalue weighted by atomic mass is 10.1. The molecule has 1 aromatic heterocycles. The Kier molecular flexibility index (Phi) is 15.2. The molecule has 1 saturated heterocycles. The number of benzene rings is 1. The number of ether oxygens (including phenoxy) is 3. The number of hydrogen-bond donors (Lipinski definition) is 6. The molecule has 3 unspecified atom stereocenters. The lowest BCUT2D eigenvalue weighted by molar-refractivity contribution is -0.386. The molecule has 7 N–H and O–H groups in total. The Balaban J connectivity index is 1.79. The highest BCUT2D eigenvalue weighted by Gasteiger charge is 2.43. The third-order valence-corrected chi connectivity index (χ3v) is 13.0. The maximum atomic E-state index is 12.8. The Morgan fingerprint density at radius 3 is 2.52 bits per heavy atom. The van der Waals surface area contributed by atoms with Crippen LogP contribution in [0.25, 0.3) is 0 Å². The van der Waals surface area contributed by atoms with E-state index in [0.29, 0.717) is 6.54 Å². The highest BCUT2D eigenvalue weighted by molar-refractivity contribution is 8.77. The highest BCUT2D eigenvalue weighted by atomic mass is 33.1. The van der Waals surface area contributed by atoms with Crippen molar-refractivity contribution in [1.29, 1.82) is 0 Å². The molecular weight excluding hydrogens is 773 g/mol. The Hall–Kier alpha value is -2.19. The molecule has 2 heterocycles. The van der Waals surface area contributed by atoms with E-state index in [-0.39, 0.29) is 47.1 Å². The minimum Gasteiger partial charge on any atom is -0.370 e. The number of aromatic nitrogens is 2. The van der Waals surface area contributed by atoms with Crippen molar-refractivity contribution in [2.24, 2.45) is 5.73 Å². The average Bonchev–Trinajstić information content (AvgIpc) is 3.40. The Morgan fingerprint density at radius 1 is 1.16 bits per heavy atom. The van der Waals surface area contributed by atoms with Gasteiger partial charge in [0.15, 0.2) is 0 Å². The summed E-state index contributed by atoms with van der Waals surface area (Å²) < 4.78 is 65.0. The summed E-state index contributed by atoms with van der Waals surface area (Å²) in [6.07, 6.45) is -2.89. The summed E-state index contributed by atoms with van der Waals surface area (Å²) in [6.45, 7) is 3.01. The Bertz CT molecular complexity index is 1840. The molecule has 0 radical (unpaired) electrons. The molecule has 278 valence electrons. The van der Waals surface area contributed by atoms with E-state index in [1.807, 2.05) is 13.8 Å². The molecular formula is C24H33N4O17P3S2. The van der Waals surface area contributed by atoms with E-state index in [9.17, 15) is 43.2 Å². The number of nitro benzene ring substituents is 1. The third-order valence-electron chi connectivity index (χ3n) is 6.22. The van der Waals surface area contributed by atoms with Gasteiger partial charge in [-0.15, -0.1) is 0 Å². The van der Waals surface area contributed by atoms with E-state index >= 15 is 0 Å². The lowest BCUT2D eigenvalue weighted by Gasteiger charge is -2.21. The number of nitrogens with zero attached hydrogens (tertiary/aromatic N) is 2. The first kappa shape index (κ1) is 42.2. The van der Waals surface area contributed by atoms with Gasteiger partial charge in [-0.05, 0) is 19.9 Å². The molecule has 1 aromatic carbocycles. The summed E-state index contributed by atoms with van der Waals surface area (Å²) in [4.78, 5) is 75.0. The van der Waals surface area contributed by atoms with Crippen molar-refractivity contribution >= 4 is 50.7 Å². The van der Waals surface area contributed by atoms with Crippen LogP contribution in [0.4, 0.5) is 5.69 Å².